The maximum atomic E-state index is 3.81. The third kappa shape index (κ3) is 2.20. The highest BCUT2D eigenvalue weighted by atomic mass is 32.2. The zero-order valence-corrected chi connectivity index (χ0v) is 10.1. The summed E-state index contributed by atoms with van der Waals surface area (Å²) in [6, 6.07) is 16.9. The van der Waals surface area contributed by atoms with Crippen molar-refractivity contribution in [1.82, 2.24) is 0 Å². The molecule has 0 unspecified atom stereocenters. The zero-order valence-electron chi connectivity index (χ0n) is 9.31. The molecule has 0 nitrogen and oxygen atoms in total. The lowest BCUT2D eigenvalue weighted by Crippen LogP contribution is -1.83. The van der Waals surface area contributed by atoms with E-state index in [2.05, 4.69) is 55.3 Å². The molecule has 0 N–H and O–H groups in total. The van der Waals surface area contributed by atoms with Crippen molar-refractivity contribution < 1.29 is 0 Å². The Morgan fingerprint density at radius 3 is 2.44 bits per heavy atom. The first-order valence-electron chi connectivity index (χ1n) is 5.21. The van der Waals surface area contributed by atoms with Crippen molar-refractivity contribution in [2.45, 2.75) is 4.90 Å². The molecule has 0 aliphatic rings. The Morgan fingerprint density at radius 1 is 1.06 bits per heavy atom. The monoisotopic (exact) mass is 226 g/mol. The van der Waals surface area contributed by atoms with E-state index in [-0.39, 0.29) is 0 Å². The van der Waals surface area contributed by atoms with Gasteiger partial charge in [0, 0.05) is 4.90 Å². The molecule has 2 aromatic carbocycles. The van der Waals surface area contributed by atoms with Gasteiger partial charge in [0.25, 0.3) is 0 Å². The molecule has 0 radical (unpaired) electrons. The van der Waals surface area contributed by atoms with Gasteiger partial charge >= 0.3 is 0 Å². The van der Waals surface area contributed by atoms with E-state index < -0.39 is 0 Å². The van der Waals surface area contributed by atoms with Crippen LogP contribution in [-0.4, -0.2) is 6.26 Å². The number of hydrogen-bond donors (Lipinski definition) is 0. The predicted molar refractivity (Wildman–Crippen MR) is 73.8 cm³/mol. The molecule has 1 heteroatoms. The van der Waals surface area contributed by atoms with Crippen molar-refractivity contribution in [3.8, 4) is 11.1 Å². The fraction of sp³-hybridized carbons (Fsp3) is 0.0667. The molecule has 0 saturated carbocycles. The standard InChI is InChI=1S/C15H14S/c1-3-12-9-10-15(16-2)14(11-12)13-7-5-4-6-8-13/h3-11H,1H2,2H3. The van der Waals surface area contributed by atoms with E-state index in [4.69, 9.17) is 0 Å². The molecule has 2 aromatic rings. The SMILES string of the molecule is C=Cc1ccc(SC)c(-c2ccccc2)c1. The minimum atomic E-state index is 1.16. The third-order valence-corrected chi connectivity index (χ3v) is 3.34. The molecule has 0 spiro atoms. The summed E-state index contributed by atoms with van der Waals surface area (Å²) < 4.78 is 0. The molecule has 80 valence electrons. The van der Waals surface area contributed by atoms with Crippen molar-refractivity contribution in [2.75, 3.05) is 6.26 Å². The molecule has 0 aliphatic heterocycles. The van der Waals surface area contributed by atoms with Crippen LogP contribution in [0.4, 0.5) is 0 Å². The molecule has 0 saturated heterocycles. The molecule has 0 aliphatic carbocycles. The summed E-state index contributed by atoms with van der Waals surface area (Å²) in [6.07, 6.45) is 3.99. The molecule has 16 heavy (non-hydrogen) atoms. The molecule has 2 rings (SSSR count). The predicted octanol–water partition coefficient (Wildman–Crippen LogP) is 4.72. The van der Waals surface area contributed by atoms with Gasteiger partial charge in [0.15, 0.2) is 0 Å². The van der Waals surface area contributed by atoms with Crippen LogP contribution >= 0.6 is 11.8 Å². The molecule has 0 fully saturated rings. The third-order valence-electron chi connectivity index (χ3n) is 2.54. The molecule has 0 heterocycles. The van der Waals surface area contributed by atoms with Crippen LogP contribution in [0.25, 0.3) is 17.2 Å². The van der Waals surface area contributed by atoms with Gasteiger partial charge in [-0.05, 0) is 35.1 Å². The number of benzene rings is 2. The second-order valence-corrected chi connectivity index (χ2v) is 4.38. The first-order valence-corrected chi connectivity index (χ1v) is 6.43. The lowest BCUT2D eigenvalue weighted by molar-refractivity contribution is 1.44. The Morgan fingerprint density at radius 2 is 1.81 bits per heavy atom. The highest BCUT2D eigenvalue weighted by Gasteiger charge is 2.04. The van der Waals surface area contributed by atoms with Crippen LogP contribution in [0, 0.1) is 0 Å². The number of hydrogen-bond acceptors (Lipinski definition) is 1. The molecule has 0 atom stereocenters. The quantitative estimate of drug-likeness (QED) is 0.682. The van der Waals surface area contributed by atoms with Crippen LogP contribution in [0.2, 0.25) is 0 Å². The van der Waals surface area contributed by atoms with Crippen LogP contribution in [-0.2, 0) is 0 Å². The van der Waals surface area contributed by atoms with Gasteiger partial charge in [-0.1, -0.05) is 49.1 Å². The topological polar surface area (TPSA) is 0 Å². The second kappa shape index (κ2) is 5.04. The van der Waals surface area contributed by atoms with Gasteiger partial charge in [-0.25, -0.2) is 0 Å². The smallest absolute Gasteiger partial charge is 0.0148 e. The van der Waals surface area contributed by atoms with Gasteiger partial charge in [0.2, 0.25) is 0 Å². The van der Waals surface area contributed by atoms with E-state index >= 15 is 0 Å². The molecule has 0 aromatic heterocycles. The van der Waals surface area contributed by atoms with E-state index in [1.807, 2.05) is 12.1 Å². The Kier molecular flexibility index (Phi) is 3.47. The lowest BCUT2D eigenvalue weighted by atomic mass is 10.0. The van der Waals surface area contributed by atoms with Crippen molar-refractivity contribution in [2.24, 2.45) is 0 Å². The fourth-order valence-electron chi connectivity index (χ4n) is 1.70. The van der Waals surface area contributed by atoms with E-state index in [1.54, 1.807) is 11.8 Å². The minimum absolute atomic E-state index is 1.16. The van der Waals surface area contributed by atoms with Crippen LogP contribution < -0.4 is 0 Å². The number of rotatable bonds is 3. The van der Waals surface area contributed by atoms with Crippen LogP contribution in [0.3, 0.4) is 0 Å². The van der Waals surface area contributed by atoms with E-state index in [0.717, 1.165) is 5.56 Å². The summed E-state index contributed by atoms with van der Waals surface area (Å²) in [5.74, 6) is 0. The summed E-state index contributed by atoms with van der Waals surface area (Å²) in [5, 5.41) is 0. The average Bonchev–Trinajstić information content (AvgIpc) is 2.39. The maximum absolute atomic E-state index is 3.81. The summed E-state index contributed by atoms with van der Waals surface area (Å²) in [7, 11) is 0. The van der Waals surface area contributed by atoms with Crippen molar-refractivity contribution in [3.05, 3.63) is 60.7 Å². The molecular formula is C15H14S. The first kappa shape index (κ1) is 11.0. The first-order chi connectivity index (χ1) is 7.85. The van der Waals surface area contributed by atoms with Gasteiger partial charge in [-0.15, -0.1) is 11.8 Å². The highest BCUT2D eigenvalue weighted by Crippen LogP contribution is 2.31. The molecule has 0 amide bonds. The van der Waals surface area contributed by atoms with Crippen LogP contribution in [0.15, 0.2) is 60.0 Å². The zero-order chi connectivity index (χ0) is 11.4. The minimum Gasteiger partial charge on any atom is -0.129 e. The Labute approximate surface area is 101 Å². The maximum Gasteiger partial charge on any atom is 0.0148 e. The van der Waals surface area contributed by atoms with Crippen LogP contribution in [0.1, 0.15) is 5.56 Å². The summed E-state index contributed by atoms with van der Waals surface area (Å²) in [4.78, 5) is 1.30. The molecule has 0 bridgehead atoms. The van der Waals surface area contributed by atoms with Gasteiger partial charge in [-0.2, -0.15) is 0 Å². The van der Waals surface area contributed by atoms with Crippen LogP contribution in [0.5, 0.6) is 0 Å². The Bertz CT molecular complexity index is 486. The summed E-state index contributed by atoms with van der Waals surface area (Å²) in [5.41, 5.74) is 3.71. The average molecular weight is 226 g/mol. The Hall–Kier alpha value is -1.47. The Balaban J connectivity index is 2.57. The van der Waals surface area contributed by atoms with Gasteiger partial charge in [0.05, 0.1) is 0 Å². The van der Waals surface area contributed by atoms with E-state index in [9.17, 15) is 0 Å². The summed E-state index contributed by atoms with van der Waals surface area (Å²) in [6.45, 7) is 3.81. The van der Waals surface area contributed by atoms with Gasteiger partial charge in [0.1, 0.15) is 0 Å². The highest BCUT2D eigenvalue weighted by molar-refractivity contribution is 7.98. The largest absolute Gasteiger partial charge is 0.129 e. The van der Waals surface area contributed by atoms with Gasteiger partial charge in [-0.3, -0.25) is 0 Å². The van der Waals surface area contributed by atoms with Gasteiger partial charge < -0.3 is 0 Å². The van der Waals surface area contributed by atoms with Crippen molar-refractivity contribution in [1.29, 1.82) is 0 Å². The normalized spacial score (nSPS) is 10.1. The number of thioether (sulfide) groups is 1. The molecular weight excluding hydrogens is 212 g/mol. The lowest BCUT2D eigenvalue weighted by Gasteiger charge is -2.08. The summed E-state index contributed by atoms with van der Waals surface area (Å²) >= 11 is 1.78. The van der Waals surface area contributed by atoms with Crippen molar-refractivity contribution >= 4 is 17.8 Å². The fourth-order valence-corrected chi connectivity index (χ4v) is 2.30. The second-order valence-electron chi connectivity index (χ2n) is 3.53. The van der Waals surface area contributed by atoms with Crippen molar-refractivity contribution in [3.63, 3.8) is 0 Å². The van der Waals surface area contributed by atoms with E-state index in [1.165, 1.54) is 16.0 Å². The van der Waals surface area contributed by atoms with E-state index in [0.29, 0.717) is 0 Å².